The number of halogens is 7. The monoisotopic (exact) mass is 509 g/mol. The largest absolute Gasteiger partial charge is 0.416 e. The molecule has 1 N–H and O–H groups in total. The Labute approximate surface area is 200 Å². The molecule has 2 aliphatic heterocycles. The molecular weight excluding hydrogens is 484 g/mol. The van der Waals surface area contributed by atoms with Gasteiger partial charge >= 0.3 is 12.4 Å². The van der Waals surface area contributed by atoms with Crippen LogP contribution in [0.25, 0.3) is 0 Å². The minimum absolute atomic E-state index is 0. The van der Waals surface area contributed by atoms with Crippen LogP contribution < -0.4 is 0 Å². The maximum absolute atomic E-state index is 13.2. The van der Waals surface area contributed by atoms with Gasteiger partial charge in [0.2, 0.25) is 0 Å². The summed E-state index contributed by atoms with van der Waals surface area (Å²) in [5, 5.41) is 9.66. The number of aliphatic hydroxyl groups excluding tert-OH is 1. The molecule has 0 spiro atoms. The van der Waals surface area contributed by atoms with E-state index in [1.807, 2.05) is 30.3 Å². The molecule has 0 radical (unpaired) electrons. The van der Waals surface area contributed by atoms with E-state index in [4.69, 9.17) is 4.74 Å². The van der Waals surface area contributed by atoms with Gasteiger partial charge in [-0.15, -0.1) is 12.4 Å². The molecule has 2 saturated heterocycles. The molecule has 0 aromatic heterocycles. The first-order valence-corrected chi connectivity index (χ1v) is 10.9. The summed E-state index contributed by atoms with van der Waals surface area (Å²) in [6, 6.07) is 11.4. The van der Waals surface area contributed by atoms with Gasteiger partial charge in [0.05, 0.1) is 36.0 Å². The van der Waals surface area contributed by atoms with Crippen molar-refractivity contribution in [2.45, 2.75) is 62.3 Å². The second kappa shape index (κ2) is 10.0. The molecule has 2 aliphatic rings. The molecule has 3 atom stereocenters. The summed E-state index contributed by atoms with van der Waals surface area (Å²) in [6.45, 7) is -0.00847. The van der Waals surface area contributed by atoms with E-state index in [-0.39, 0.29) is 43.3 Å². The van der Waals surface area contributed by atoms with Gasteiger partial charge in [-0.1, -0.05) is 30.3 Å². The zero-order chi connectivity index (χ0) is 23.9. The van der Waals surface area contributed by atoms with Gasteiger partial charge in [-0.3, -0.25) is 4.90 Å². The molecule has 2 bridgehead atoms. The normalized spacial score (nSPS) is 25.3. The highest BCUT2D eigenvalue weighted by Gasteiger charge is 2.55. The zero-order valence-corrected chi connectivity index (χ0v) is 19.0. The number of alkyl halides is 6. The van der Waals surface area contributed by atoms with Crippen molar-refractivity contribution in [1.29, 1.82) is 0 Å². The Morgan fingerprint density at radius 2 is 1.53 bits per heavy atom. The SMILES string of the molecule is Cl.OCCN1[C@H]2CC[C@@H](OCc3cc(C(F)(F)F)cc(C(F)(F)F)c3)[C@]1(c1ccccc1)CC2. The van der Waals surface area contributed by atoms with Crippen LogP contribution in [0.4, 0.5) is 26.3 Å². The minimum atomic E-state index is -4.90. The second-order valence-electron chi connectivity index (χ2n) is 8.69. The van der Waals surface area contributed by atoms with Gasteiger partial charge in [-0.2, -0.15) is 26.3 Å². The van der Waals surface area contributed by atoms with Gasteiger partial charge in [0, 0.05) is 12.6 Å². The lowest BCUT2D eigenvalue weighted by Gasteiger charge is -2.50. The Kier molecular flexibility index (Phi) is 7.92. The van der Waals surface area contributed by atoms with Gasteiger partial charge in [0.1, 0.15) is 0 Å². The van der Waals surface area contributed by atoms with Crippen LogP contribution in [-0.2, 0) is 29.2 Å². The molecule has 10 heteroatoms. The molecule has 188 valence electrons. The summed E-state index contributed by atoms with van der Waals surface area (Å²) in [5.41, 5.74) is -2.47. The van der Waals surface area contributed by atoms with Gasteiger partial charge in [-0.05, 0) is 55.0 Å². The number of nitrogens with zero attached hydrogens (tertiary/aromatic N) is 1. The van der Waals surface area contributed by atoms with Gasteiger partial charge in [-0.25, -0.2) is 0 Å². The number of hydrogen-bond donors (Lipinski definition) is 1. The van der Waals surface area contributed by atoms with E-state index in [0.717, 1.165) is 37.0 Å². The topological polar surface area (TPSA) is 32.7 Å². The number of rotatable bonds is 6. The van der Waals surface area contributed by atoms with Crippen molar-refractivity contribution in [2.75, 3.05) is 13.2 Å². The molecule has 3 nitrogen and oxygen atoms in total. The van der Waals surface area contributed by atoms with E-state index >= 15 is 0 Å². The number of benzene rings is 2. The molecule has 0 amide bonds. The number of piperidine rings is 1. The van der Waals surface area contributed by atoms with E-state index in [1.54, 1.807) is 0 Å². The Morgan fingerprint density at radius 1 is 0.912 bits per heavy atom. The van der Waals surface area contributed by atoms with Crippen LogP contribution in [0.1, 0.15) is 47.9 Å². The fourth-order valence-corrected chi connectivity index (χ4v) is 5.47. The van der Waals surface area contributed by atoms with Crippen LogP contribution in [-0.4, -0.2) is 35.3 Å². The van der Waals surface area contributed by atoms with E-state index in [9.17, 15) is 31.4 Å². The predicted molar refractivity (Wildman–Crippen MR) is 116 cm³/mol. The first-order valence-electron chi connectivity index (χ1n) is 10.9. The fourth-order valence-electron chi connectivity index (χ4n) is 5.47. The summed E-state index contributed by atoms with van der Waals surface area (Å²) in [5.74, 6) is 0. The van der Waals surface area contributed by atoms with E-state index in [1.165, 1.54) is 0 Å². The van der Waals surface area contributed by atoms with E-state index in [2.05, 4.69) is 4.90 Å². The summed E-state index contributed by atoms with van der Waals surface area (Å²) in [4.78, 5) is 2.20. The standard InChI is InChI=1S/C24H25F6NO2.ClH/c25-23(26,27)18-12-16(13-19(14-18)24(28,29)30)15-33-21-7-6-20-8-9-22(21,31(20)10-11-32)17-4-2-1-3-5-17;/h1-5,12-14,20-21,32H,6-11,15H2;1H/t20-,21+,22+;/m0./s1. The molecule has 34 heavy (non-hydrogen) atoms. The molecule has 4 rings (SSSR count). The summed E-state index contributed by atoms with van der Waals surface area (Å²) in [7, 11) is 0. The highest BCUT2D eigenvalue weighted by Crippen LogP contribution is 2.51. The Balaban J connectivity index is 0.00000324. The van der Waals surface area contributed by atoms with Crippen LogP contribution in [0.3, 0.4) is 0 Å². The van der Waals surface area contributed by atoms with Crippen molar-refractivity contribution in [3.63, 3.8) is 0 Å². The first kappa shape index (κ1) is 26.8. The summed E-state index contributed by atoms with van der Waals surface area (Å²) in [6.07, 6.45) is -7.19. The van der Waals surface area contributed by atoms with Crippen LogP contribution in [0.15, 0.2) is 48.5 Å². The number of ether oxygens (including phenoxy) is 1. The Morgan fingerprint density at radius 3 is 2.09 bits per heavy atom. The Hall–Kier alpha value is -1.81. The molecule has 0 aliphatic carbocycles. The van der Waals surface area contributed by atoms with Crippen LogP contribution in [0.5, 0.6) is 0 Å². The van der Waals surface area contributed by atoms with E-state index in [0.29, 0.717) is 13.0 Å². The summed E-state index contributed by atoms with van der Waals surface area (Å²) >= 11 is 0. The van der Waals surface area contributed by atoms with Crippen LogP contribution in [0, 0.1) is 0 Å². The molecule has 2 heterocycles. The van der Waals surface area contributed by atoms with E-state index < -0.39 is 35.1 Å². The van der Waals surface area contributed by atoms with Crippen molar-refractivity contribution in [3.05, 3.63) is 70.8 Å². The summed E-state index contributed by atoms with van der Waals surface area (Å²) < 4.78 is 85.5. The lowest BCUT2D eigenvalue weighted by atomic mass is 9.79. The Bertz CT molecular complexity index is 936. The molecule has 0 unspecified atom stereocenters. The highest BCUT2D eigenvalue weighted by molar-refractivity contribution is 5.85. The zero-order valence-electron chi connectivity index (χ0n) is 18.2. The molecule has 0 saturated carbocycles. The third kappa shape index (κ3) is 5.08. The number of hydrogen-bond acceptors (Lipinski definition) is 3. The second-order valence-corrected chi connectivity index (χ2v) is 8.69. The van der Waals surface area contributed by atoms with Gasteiger partial charge in [0.25, 0.3) is 0 Å². The van der Waals surface area contributed by atoms with Crippen molar-refractivity contribution < 1.29 is 36.2 Å². The maximum Gasteiger partial charge on any atom is 0.416 e. The minimum Gasteiger partial charge on any atom is -0.395 e. The molecular formula is C24H26ClF6NO2. The van der Waals surface area contributed by atoms with Crippen molar-refractivity contribution in [1.82, 2.24) is 4.90 Å². The average molecular weight is 510 g/mol. The lowest BCUT2D eigenvalue weighted by Crippen LogP contribution is -2.57. The average Bonchev–Trinajstić information content (AvgIpc) is 3.01. The smallest absolute Gasteiger partial charge is 0.395 e. The molecule has 2 fully saturated rings. The van der Waals surface area contributed by atoms with Crippen molar-refractivity contribution in [2.24, 2.45) is 0 Å². The lowest BCUT2D eigenvalue weighted by molar-refractivity contribution is -0.143. The maximum atomic E-state index is 13.2. The quantitative estimate of drug-likeness (QED) is 0.472. The molecule has 2 aromatic rings. The van der Waals surface area contributed by atoms with Crippen molar-refractivity contribution in [3.8, 4) is 0 Å². The first-order chi connectivity index (χ1) is 15.6. The van der Waals surface area contributed by atoms with Gasteiger partial charge in [0.15, 0.2) is 0 Å². The van der Waals surface area contributed by atoms with Crippen LogP contribution in [0.2, 0.25) is 0 Å². The third-order valence-corrected chi connectivity index (χ3v) is 6.82. The number of aliphatic hydroxyl groups is 1. The third-order valence-electron chi connectivity index (χ3n) is 6.82. The predicted octanol–water partition coefficient (Wildman–Crippen LogP) is 6.18. The molecule has 2 aromatic carbocycles. The fraction of sp³-hybridized carbons (Fsp3) is 0.500. The van der Waals surface area contributed by atoms with Crippen LogP contribution >= 0.6 is 12.4 Å². The highest BCUT2D eigenvalue weighted by atomic mass is 35.5. The number of fused-ring (bicyclic) bond motifs is 2. The van der Waals surface area contributed by atoms with Gasteiger partial charge < -0.3 is 9.84 Å². The van der Waals surface area contributed by atoms with Crippen molar-refractivity contribution >= 4 is 12.4 Å².